The summed E-state index contributed by atoms with van der Waals surface area (Å²) >= 11 is 1.58. The average Bonchev–Trinajstić information content (AvgIpc) is 2.85. The molecule has 0 aliphatic rings. The maximum atomic E-state index is 12.9. The molecule has 0 saturated carbocycles. The zero-order valence-corrected chi connectivity index (χ0v) is 10.7. The van der Waals surface area contributed by atoms with Gasteiger partial charge in [0.25, 0.3) is 0 Å². The number of ether oxygens (including phenoxy) is 1. The lowest BCUT2D eigenvalue weighted by atomic mass is 10.2. The summed E-state index contributed by atoms with van der Waals surface area (Å²) in [7, 11) is 0. The number of carbonyl (C=O) groups is 1. The normalized spacial score (nSPS) is 10.3. The Morgan fingerprint density at radius 1 is 1.50 bits per heavy atom. The molecule has 1 heterocycles. The number of rotatable bonds is 5. The molecule has 1 aromatic heterocycles. The summed E-state index contributed by atoms with van der Waals surface area (Å²) in [5.41, 5.74) is 1.03. The van der Waals surface area contributed by atoms with Gasteiger partial charge < -0.3 is 4.74 Å². The molecule has 18 heavy (non-hydrogen) atoms. The molecule has 0 saturated heterocycles. The molecular weight excluding hydrogens is 253 g/mol. The van der Waals surface area contributed by atoms with Crippen LogP contribution in [0.2, 0.25) is 0 Å². The van der Waals surface area contributed by atoms with Gasteiger partial charge in [-0.2, -0.15) is 0 Å². The van der Waals surface area contributed by atoms with Crippen LogP contribution in [0.3, 0.4) is 0 Å². The van der Waals surface area contributed by atoms with E-state index in [0.717, 1.165) is 23.2 Å². The van der Waals surface area contributed by atoms with Gasteiger partial charge in [0.1, 0.15) is 18.2 Å². The number of aryl methyl sites for hydroxylation is 1. The number of aldehydes is 1. The lowest BCUT2D eigenvalue weighted by molar-refractivity contribution is 0.111. The van der Waals surface area contributed by atoms with Gasteiger partial charge in [-0.1, -0.05) is 6.92 Å². The van der Waals surface area contributed by atoms with E-state index >= 15 is 0 Å². The molecule has 0 amide bonds. The minimum atomic E-state index is -0.452. The highest BCUT2D eigenvalue weighted by Gasteiger charge is 2.06. The first-order chi connectivity index (χ1) is 8.72. The second kappa shape index (κ2) is 5.73. The third kappa shape index (κ3) is 2.92. The molecule has 2 aromatic rings. The predicted octanol–water partition coefficient (Wildman–Crippen LogP) is 3.24. The van der Waals surface area contributed by atoms with Gasteiger partial charge >= 0.3 is 0 Å². The van der Waals surface area contributed by atoms with Crippen molar-refractivity contribution in [3.63, 3.8) is 0 Å². The van der Waals surface area contributed by atoms with Gasteiger partial charge in [0.05, 0.1) is 16.3 Å². The summed E-state index contributed by atoms with van der Waals surface area (Å²) in [6, 6.07) is 3.87. The van der Waals surface area contributed by atoms with E-state index in [9.17, 15) is 9.18 Å². The van der Waals surface area contributed by atoms with E-state index in [-0.39, 0.29) is 12.2 Å². The molecule has 0 atom stereocenters. The van der Waals surface area contributed by atoms with Crippen molar-refractivity contribution in [3.8, 4) is 5.75 Å². The summed E-state index contributed by atoms with van der Waals surface area (Å²) in [5.74, 6) is -0.0798. The fraction of sp³-hybridized carbons (Fsp3) is 0.231. The van der Waals surface area contributed by atoms with E-state index in [1.807, 2.05) is 12.3 Å². The van der Waals surface area contributed by atoms with Gasteiger partial charge in [-0.3, -0.25) is 4.79 Å². The van der Waals surface area contributed by atoms with Gasteiger partial charge in [0.15, 0.2) is 6.29 Å². The number of nitrogens with zero attached hydrogens (tertiary/aromatic N) is 1. The Labute approximate surface area is 108 Å². The fourth-order valence-corrected chi connectivity index (χ4v) is 2.20. The number of halogens is 1. The standard InChI is InChI=1S/C13H12FNO2S/c1-2-13-15-11(8-18-13)7-17-12-4-3-10(14)5-9(12)6-16/h3-6,8H,2,7H2,1H3. The number of thiazole rings is 1. The Morgan fingerprint density at radius 2 is 2.33 bits per heavy atom. The fourth-order valence-electron chi connectivity index (χ4n) is 1.47. The van der Waals surface area contributed by atoms with Gasteiger partial charge in [0.2, 0.25) is 0 Å². The van der Waals surface area contributed by atoms with Crippen molar-refractivity contribution < 1.29 is 13.9 Å². The first-order valence-electron chi connectivity index (χ1n) is 5.53. The van der Waals surface area contributed by atoms with E-state index in [4.69, 9.17) is 4.74 Å². The van der Waals surface area contributed by atoms with Crippen LogP contribution in [0.25, 0.3) is 0 Å². The zero-order valence-electron chi connectivity index (χ0n) is 9.85. The summed E-state index contributed by atoms with van der Waals surface area (Å²) in [6.07, 6.45) is 1.47. The van der Waals surface area contributed by atoms with Crippen LogP contribution in [0.5, 0.6) is 5.75 Å². The molecule has 0 radical (unpaired) electrons. The highest BCUT2D eigenvalue weighted by atomic mass is 32.1. The van der Waals surface area contributed by atoms with E-state index in [0.29, 0.717) is 12.0 Å². The van der Waals surface area contributed by atoms with Crippen LogP contribution < -0.4 is 4.74 Å². The molecule has 0 bridgehead atoms. The Balaban J connectivity index is 2.07. The predicted molar refractivity (Wildman–Crippen MR) is 67.6 cm³/mol. The number of aromatic nitrogens is 1. The minimum Gasteiger partial charge on any atom is -0.487 e. The summed E-state index contributed by atoms with van der Waals surface area (Å²) < 4.78 is 18.4. The molecule has 0 aliphatic carbocycles. The third-order valence-electron chi connectivity index (χ3n) is 2.38. The maximum absolute atomic E-state index is 12.9. The van der Waals surface area contributed by atoms with Crippen molar-refractivity contribution in [2.75, 3.05) is 0 Å². The van der Waals surface area contributed by atoms with Crippen LogP contribution in [0.15, 0.2) is 23.6 Å². The zero-order chi connectivity index (χ0) is 13.0. The quantitative estimate of drug-likeness (QED) is 0.779. The Bertz CT molecular complexity index is 554. The molecule has 0 N–H and O–H groups in total. The summed E-state index contributed by atoms with van der Waals surface area (Å²) in [6.45, 7) is 2.32. The summed E-state index contributed by atoms with van der Waals surface area (Å²) in [4.78, 5) is 15.1. The molecule has 0 fully saturated rings. The van der Waals surface area contributed by atoms with Gasteiger partial charge in [-0.05, 0) is 24.6 Å². The molecule has 0 aliphatic heterocycles. The number of hydrogen-bond acceptors (Lipinski definition) is 4. The van der Waals surface area contributed by atoms with Crippen molar-refractivity contribution in [1.29, 1.82) is 0 Å². The van der Waals surface area contributed by atoms with Crippen molar-refractivity contribution in [1.82, 2.24) is 4.98 Å². The Morgan fingerprint density at radius 3 is 3.00 bits per heavy atom. The largest absolute Gasteiger partial charge is 0.487 e. The third-order valence-corrected chi connectivity index (χ3v) is 3.42. The van der Waals surface area contributed by atoms with Crippen LogP contribution in [0.4, 0.5) is 4.39 Å². The molecule has 0 spiro atoms. The van der Waals surface area contributed by atoms with Crippen LogP contribution in [0.1, 0.15) is 28.0 Å². The molecule has 3 nitrogen and oxygen atoms in total. The molecule has 94 valence electrons. The lowest BCUT2D eigenvalue weighted by Gasteiger charge is -2.06. The van der Waals surface area contributed by atoms with Crippen molar-refractivity contribution in [2.45, 2.75) is 20.0 Å². The molecular formula is C13H12FNO2S. The van der Waals surface area contributed by atoms with E-state index < -0.39 is 5.82 Å². The highest BCUT2D eigenvalue weighted by Crippen LogP contribution is 2.20. The first kappa shape index (κ1) is 12.7. The van der Waals surface area contributed by atoms with Gasteiger partial charge in [0, 0.05) is 5.38 Å². The van der Waals surface area contributed by atoms with Crippen molar-refractivity contribution >= 4 is 17.6 Å². The number of carbonyl (C=O) groups excluding carboxylic acids is 1. The Kier molecular flexibility index (Phi) is 4.04. The van der Waals surface area contributed by atoms with E-state index in [2.05, 4.69) is 4.98 Å². The van der Waals surface area contributed by atoms with Gasteiger partial charge in [-0.15, -0.1) is 11.3 Å². The highest BCUT2D eigenvalue weighted by molar-refractivity contribution is 7.09. The van der Waals surface area contributed by atoms with Crippen LogP contribution in [0, 0.1) is 5.82 Å². The molecule has 0 unspecified atom stereocenters. The second-order valence-corrected chi connectivity index (χ2v) is 4.62. The number of benzene rings is 1. The van der Waals surface area contributed by atoms with Crippen LogP contribution in [-0.2, 0) is 13.0 Å². The SMILES string of the molecule is CCc1nc(COc2ccc(F)cc2C=O)cs1. The van der Waals surface area contributed by atoms with Crippen LogP contribution in [-0.4, -0.2) is 11.3 Å². The minimum absolute atomic E-state index is 0.209. The molecule has 1 aromatic carbocycles. The molecule has 2 rings (SSSR count). The monoisotopic (exact) mass is 265 g/mol. The average molecular weight is 265 g/mol. The second-order valence-electron chi connectivity index (χ2n) is 3.67. The van der Waals surface area contributed by atoms with Gasteiger partial charge in [-0.25, -0.2) is 9.37 Å². The van der Waals surface area contributed by atoms with Crippen molar-refractivity contribution in [2.24, 2.45) is 0 Å². The number of hydrogen-bond donors (Lipinski definition) is 0. The first-order valence-corrected chi connectivity index (χ1v) is 6.41. The van der Waals surface area contributed by atoms with Crippen molar-refractivity contribution in [3.05, 3.63) is 45.7 Å². The topological polar surface area (TPSA) is 39.2 Å². The summed E-state index contributed by atoms with van der Waals surface area (Å²) in [5, 5.41) is 2.96. The van der Waals surface area contributed by atoms with Crippen LogP contribution >= 0.6 is 11.3 Å². The molecule has 5 heteroatoms. The van der Waals surface area contributed by atoms with E-state index in [1.165, 1.54) is 12.1 Å². The Hall–Kier alpha value is -1.75. The maximum Gasteiger partial charge on any atom is 0.153 e. The van der Waals surface area contributed by atoms with E-state index in [1.54, 1.807) is 11.3 Å². The lowest BCUT2D eigenvalue weighted by Crippen LogP contribution is -1.99. The smallest absolute Gasteiger partial charge is 0.153 e.